The number of halogens is 1. The number of hydrogen-bond acceptors (Lipinski definition) is 6. The van der Waals surface area contributed by atoms with E-state index in [1.165, 1.54) is 7.11 Å². The Morgan fingerprint density at radius 2 is 1.89 bits per heavy atom. The lowest BCUT2D eigenvalue weighted by molar-refractivity contribution is -0.132. The number of ether oxygens (including phenoxy) is 2. The zero-order chi connectivity index (χ0) is 25.5. The highest BCUT2D eigenvalue weighted by molar-refractivity contribution is 6.33. The Morgan fingerprint density at radius 1 is 1.14 bits per heavy atom. The van der Waals surface area contributed by atoms with Crippen LogP contribution in [-0.4, -0.2) is 80.2 Å². The predicted molar refractivity (Wildman–Crippen MR) is 141 cm³/mol. The molecule has 1 atom stereocenters. The maximum atomic E-state index is 12.8. The lowest BCUT2D eigenvalue weighted by atomic mass is 9.94. The van der Waals surface area contributed by atoms with E-state index in [0.29, 0.717) is 46.4 Å². The second-order valence-corrected chi connectivity index (χ2v) is 10.9. The molecule has 0 aliphatic carbocycles. The molecule has 2 amide bonds. The first-order chi connectivity index (χ1) is 17.4. The number of carbonyl (C=O) groups excluding carboxylic acids is 2. The van der Waals surface area contributed by atoms with Gasteiger partial charge in [0.25, 0.3) is 5.91 Å². The predicted octanol–water partition coefficient (Wildman–Crippen LogP) is 3.71. The van der Waals surface area contributed by atoms with Crippen molar-refractivity contribution >= 4 is 29.1 Å². The van der Waals surface area contributed by atoms with Gasteiger partial charge >= 0.3 is 0 Å². The van der Waals surface area contributed by atoms with Gasteiger partial charge in [-0.2, -0.15) is 0 Å². The summed E-state index contributed by atoms with van der Waals surface area (Å²) in [6.45, 7) is 5.64. The second-order valence-electron chi connectivity index (χ2n) is 10.5. The Kier molecular flexibility index (Phi) is 9.73. The van der Waals surface area contributed by atoms with Crippen molar-refractivity contribution in [2.24, 2.45) is 5.92 Å². The number of carbonyl (C=O) groups is 2. The number of nitrogen functional groups attached to an aromatic ring is 1. The quantitative estimate of drug-likeness (QED) is 0.482. The topological polar surface area (TPSA) is 97.1 Å². The van der Waals surface area contributed by atoms with Gasteiger partial charge in [0, 0.05) is 57.9 Å². The van der Waals surface area contributed by atoms with Crippen LogP contribution in [0.25, 0.3) is 0 Å². The molecule has 3 heterocycles. The molecule has 36 heavy (non-hydrogen) atoms. The third kappa shape index (κ3) is 7.26. The third-order valence-electron chi connectivity index (χ3n) is 7.91. The maximum absolute atomic E-state index is 12.8. The van der Waals surface area contributed by atoms with Crippen molar-refractivity contribution < 1.29 is 19.1 Å². The molecule has 0 saturated carbocycles. The van der Waals surface area contributed by atoms with Gasteiger partial charge in [-0.05, 0) is 63.4 Å². The maximum Gasteiger partial charge on any atom is 0.255 e. The number of nitrogens with one attached hydrogen (secondary N) is 1. The minimum absolute atomic E-state index is 0.129. The first-order valence-electron chi connectivity index (χ1n) is 13.5. The number of benzene rings is 1. The lowest BCUT2D eigenvalue weighted by Gasteiger charge is -2.38. The van der Waals surface area contributed by atoms with Gasteiger partial charge in [-0.1, -0.05) is 11.6 Å². The van der Waals surface area contributed by atoms with Crippen molar-refractivity contribution in [2.75, 3.05) is 52.2 Å². The summed E-state index contributed by atoms with van der Waals surface area (Å²) in [7, 11) is 1.52. The van der Waals surface area contributed by atoms with Crippen molar-refractivity contribution in [2.45, 2.75) is 69.9 Å². The fourth-order valence-corrected chi connectivity index (χ4v) is 5.84. The van der Waals surface area contributed by atoms with E-state index in [1.54, 1.807) is 12.1 Å². The van der Waals surface area contributed by atoms with Crippen LogP contribution in [0.5, 0.6) is 5.75 Å². The van der Waals surface area contributed by atoms with Crippen LogP contribution in [0, 0.1) is 5.92 Å². The largest absolute Gasteiger partial charge is 0.496 e. The zero-order valence-corrected chi connectivity index (χ0v) is 22.2. The molecule has 0 spiro atoms. The van der Waals surface area contributed by atoms with E-state index in [2.05, 4.69) is 15.1 Å². The van der Waals surface area contributed by atoms with Crippen molar-refractivity contribution in [3.8, 4) is 5.75 Å². The van der Waals surface area contributed by atoms with Crippen LogP contribution in [-0.2, 0) is 9.53 Å². The SMILES string of the molecule is COc1cc(N)c(Cl)cc1C(=O)NC1CCN(CC2CCN(C(=O)CCCC3CCCO3)CC2)CC1. The molecule has 1 aromatic carbocycles. The van der Waals surface area contributed by atoms with Crippen molar-refractivity contribution in [3.63, 3.8) is 0 Å². The molecular formula is C27H41ClN4O4. The third-order valence-corrected chi connectivity index (χ3v) is 8.24. The Labute approximate surface area is 219 Å². The molecule has 3 fully saturated rings. The van der Waals surface area contributed by atoms with E-state index in [-0.39, 0.29) is 11.9 Å². The van der Waals surface area contributed by atoms with Gasteiger partial charge in [-0.3, -0.25) is 9.59 Å². The molecule has 0 aromatic heterocycles. The van der Waals surface area contributed by atoms with Crippen LogP contribution in [0.2, 0.25) is 5.02 Å². The molecule has 3 aliphatic heterocycles. The van der Waals surface area contributed by atoms with Gasteiger partial charge < -0.3 is 30.3 Å². The van der Waals surface area contributed by atoms with E-state index in [1.807, 2.05) is 0 Å². The molecule has 200 valence electrons. The Hall–Kier alpha value is -2.03. The fraction of sp³-hybridized carbons (Fsp3) is 0.704. The summed E-state index contributed by atoms with van der Waals surface area (Å²) in [5.41, 5.74) is 6.63. The molecule has 1 unspecified atom stereocenters. The number of methoxy groups -OCH3 is 1. The Balaban J connectivity index is 1.13. The summed E-state index contributed by atoms with van der Waals surface area (Å²) >= 11 is 6.12. The number of hydrogen-bond donors (Lipinski definition) is 2. The van der Waals surface area contributed by atoms with E-state index >= 15 is 0 Å². The number of anilines is 1. The normalized spacial score (nSPS) is 22.1. The van der Waals surface area contributed by atoms with E-state index in [0.717, 1.165) is 90.7 Å². The standard InChI is InChI=1S/C27H41ClN4O4/c1-35-25-17-24(29)23(28)16-22(25)27(34)30-20-9-11-31(12-10-20)18-19-7-13-32(14-8-19)26(33)6-2-4-21-5-3-15-36-21/h16-17,19-21H,2-15,18,29H2,1H3,(H,30,34). The number of nitrogens with two attached hydrogens (primary N) is 1. The highest BCUT2D eigenvalue weighted by Crippen LogP contribution is 2.29. The molecular weight excluding hydrogens is 480 g/mol. The van der Waals surface area contributed by atoms with E-state index < -0.39 is 0 Å². The summed E-state index contributed by atoms with van der Waals surface area (Å²) in [6, 6.07) is 3.29. The second kappa shape index (κ2) is 13.0. The van der Waals surface area contributed by atoms with E-state index in [9.17, 15) is 9.59 Å². The van der Waals surface area contributed by atoms with Crippen molar-refractivity contribution in [1.82, 2.24) is 15.1 Å². The number of nitrogens with zero attached hydrogens (tertiary/aromatic N) is 2. The van der Waals surface area contributed by atoms with Crippen LogP contribution in [0.1, 0.15) is 68.1 Å². The summed E-state index contributed by atoms with van der Waals surface area (Å²) in [4.78, 5) is 30.0. The van der Waals surface area contributed by atoms with Gasteiger partial charge in [0.2, 0.25) is 5.91 Å². The van der Waals surface area contributed by atoms with Crippen molar-refractivity contribution in [1.29, 1.82) is 0 Å². The molecule has 1 aromatic rings. The van der Waals surface area contributed by atoms with Crippen LogP contribution in [0.3, 0.4) is 0 Å². The first-order valence-corrected chi connectivity index (χ1v) is 13.9. The number of piperidine rings is 2. The van der Waals surface area contributed by atoms with Crippen molar-refractivity contribution in [3.05, 3.63) is 22.7 Å². The summed E-state index contributed by atoms with van der Waals surface area (Å²) in [5.74, 6) is 1.19. The average molecular weight is 521 g/mol. The monoisotopic (exact) mass is 520 g/mol. The molecule has 9 heteroatoms. The number of rotatable bonds is 9. The average Bonchev–Trinajstić information content (AvgIpc) is 3.40. The van der Waals surface area contributed by atoms with E-state index in [4.69, 9.17) is 26.8 Å². The first kappa shape index (κ1) is 27.0. The Bertz CT molecular complexity index is 892. The molecule has 8 nitrogen and oxygen atoms in total. The minimum atomic E-state index is -0.181. The minimum Gasteiger partial charge on any atom is -0.496 e. The van der Waals surface area contributed by atoms with Gasteiger partial charge in [0.15, 0.2) is 0 Å². The van der Waals surface area contributed by atoms with Crippen LogP contribution in [0.4, 0.5) is 5.69 Å². The van der Waals surface area contributed by atoms with Gasteiger partial charge in [-0.25, -0.2) is 0 Å². The summed E-state index contributed by atoms with van der Waals surface area (Å²) in [5, 5.41) is 3.49. The summed E-state index contributed by atoms with van der Waals surface area (Å²) < 4.78 is 11.0. The highest BCUT2D eigenvalue weighted by atomic mass is 35.5. The van der Waals surface area contributed by atoms with Gasteiger partial charge in [-0.15, -0.1) is 0 Å². The van der Waals surface area contributed by atoms with Gasteiger partial charge in [0.05, 0.1) is 29.5 Å². The molecule has 3 aliphatic rings. The Morgan fingerprint density at radius 3 is 2.56 bits per heavy atom. The van der Waals surface area contributed by atoms with Crippen LogP contribution < -0.4 is 15.8 Å². The fourth-order valence-electron chi connectivity index (χ4n) is 5.68. The molecule has 0 radical (unpaired) electrons. The number of amides is 2. The lowest BCUT2D eigenvalue weighted by Crippen LogP contribution is -2.47. The molecule has 0 bridgehead atoms. The molecule has 3 N–H and O–H groups in total. The molecule has 3 saturated heterocycles. The summed E-state index contributed by atoms with van der Waals surface area (Å²) in [6.07, 6.45) is 9.27. The van der Waals surface area contributed by atoms with Crippen LogP contribution in [0.15, 0.2) is 12.1 Å². The van der Waals surface area contributed by atoms with Gasteiger partial charge in [0.1, 0.15) is 5.75 Å². The zero-order valence-electron chi connectivity index (χ0n) is 21.5. The highest BCUT2D eigenvalue weighted by Gasteiger charge is 2.28. The number of likely N-dealkylation sites (tertiary alicyclic amines) is 2. The van der Waals surface area contributed by atoms with Crippen LogP contribution >= 0.6 is 11.6 Å². The smallest absolute Gasteiger partial charge is 0.255 e. The molecule has 4 rings (SSSR count).